The Kier molecular flexibility index (Phi) is 6.56. The van der Waals surface area contributed by atoms with Gasteiger partial charge in [0.15, 0.2) is 0 Å². The summed E-state index contributed by atoms with van der Waals surface area (Å²) in [5.74, 6) is 1.05. The molecule has 0 saturated carbocycles. The summed E-state index contributed by atoms with van der Waals surface area (Å²) in [7, 11) is 1.59. The molecule has 3 aromatic carbocycles. The highest BCUT2D eigenvalue weighted by Crippen LogP contribution is 2.32. The van der Waals surface area contributed by atoms with Gasteiger partial charge in [-0.2, -0.15) is 4.98 Å². The average molecular weight is 439 g/mol. The van der Waals surface area contributed by atoms with Crippen molar-refractivity contribution in [1.29, 1.82) is 0 Å². The first-order valence-electron chi connectivity index (χ1n) is 10.1. The SMILES string of the molecule is COc1ccc(C=Cc2nc(Nc3ccccc3)nc(Nc3ccccc3)c2[N+](=O)[O-])cc1. The van der Waals surface area contributed by atoms with E-state index >= 15 is 0 Å². The number of nitrogens with one attached hydrogen (secondary N) is 2. The topological polar surface area (TPSA) is 102 Å². The summed E-state index contributed by atoms with van der Waals surface area (Å²) in [6.07, 6.45) is 3.36. The number of benzene rings is 3. The summed E-state index contributed by atoms with van der Waals surface area (Å²) in [4.78, 5) is 20.4. The van der Waals surface area contributed by atoms with Crippen LogP contribution in [0.25, 0.3) is 12.2 Å². The van der Waals surface area contributed by atoms with Gasteiger partial charge in [-0.3, -0.25) is 10.1 Å². The molecule has 0 amide bonds. The Balaban J connectivity index is 1.77. The van der Waals surface area contributed by atoms with E-state index in [0.717, 1.165) is 17.0 Å². The first-order valence-corrected chi connectivity index (χ1v) is 10.1. The molecule has 8 heteroatoms. The number of hydrogen-bond donors (Lipinski definition) is 2. The maximum Gasteiger partial charge on any atom is 0.337 e. The largest absolute Gasteiger partial charge is 0.497 e. The summed E-state index contributed by atoms with van der Waals surface area (Å²) < 4.78 is 5.18. The van der Waals surface area contributed by atoms with Crippen molar-refractivity contribution in [1.82, 2.24) is 9.97 Å². The molecule has 0 aliphatic rings. The maximum absolute atomic E-state index is 12.0. The van der Waals surface area contributed by atoms with Crippen molar-refractivity contribution in [2.75, 3.05) is 17.7 Å². The Morgan fingerprint density at radius 3 is 2.00 bits per heavy atom. The van der Waals surface area contributed by atoms with Crippen molar-refractivity contribution in [3.63, 3.8) is 0 Å². The standard InChI is InChI=1S/C25H21N5O3/c1-33-21-15-12-18(13-16-21)14-17-22-23(30(31)32)24(26-19-8-4-2-5-9-19)29-25(28-22)27-20-10-6-3-7-11-20/h2-17H,1H3,(H2,26,27,28,29). The van der Waals surface area contributed by atoms with Gasteiger partial charge >= 0.3 is 5.69 Å². The lowest BCUT2D eigenvalue weighted by Crippen LogP contribution is -2.07. The van der Waals surface area contributed by atoms with Gasteiger partial charge < -0.3 is 15.4 Å². The number of para-hydroxylation sites is 2. The highest BCUT2D eigenvalue weighted by atomic mass is 16.6. The van der Waals surface area contributed by atoms with Gasteiger partial charge in [0.2, 0.25) is 11.8 Å². The Labute approximate surface area is 190 Å². The number of aromatic nitrogens is 2. The van der Waals surface area contributed by atoms with Crippen LogP contribution >= 0.6 is 0 Å². The minimum Gasteiger partial charge on any atom is -0.497 e. The summed E-state index contributed by atoms with van der Waals surface area (Å²) >= 11 is 0. The fourth-order valence-corrected chi connectivity index (χ4v) is 3.11. The molecule has 0 atom stereocenters. The Morgan fingerprint density at radius 2 is 1.42 bits per heavy atom. The molecule has 33 heavy (non-hydrogen) atoms. The van der Waals surface area contributed by atoms with Gasteiger partial charge in [-0.25, -0.2) is 4.98 Å². The molecule has 0 radical (unpaired) electrons. The van der Waals surface area contributed by atoms with E-state index in [4.69, 9.17) is 4.74 Å². The number of hydrogen-bond acceptors (Lipinski definition) is 7. The molecule has 0 spiro atoms. The van der Waals surface area contributed by atoms with E-state index in [2.05, 4.69) is 20.6 Å². The lowest BCUT2D eigenvalue weighted by Gasteiger charge is -2.11. The molecule has 1 aromatic heterocycles. The van der Waals surface area contributed by atoms with E-state index in [0.29, 0.717) is 5.69 Å². The molecule has 4 rings (SSSR count). The number of ether oxygens (including phenoxy) is 1. The molecule has 0 aliphatic heterocycles. The van der Waals surface area contributed by atoms with Gasteiger partial charge in [-0.05, 0) is 48.0 Å². The summed E-state index contributed by atoms with van der Waals surface area (Å²) in [5, 5.41) is 18.2. The third-order valence-corrected chi connectivity index (χ3v) is 4.71. The Bertz CT molecular complexity index is 1260. The van der Waals surface area contributed by atoms with Crippen LogP contribution in [0, 0.1) is 10.1 Å². The lowest BCUT2D eigenvalue weighted by molar-refractivity contribution is -0.384. The van der Waals surface area contributed by atoms with E-state index in [9.17, 15) is 10.1 Å². The van der Waals surface area contributed by atoms with Crippen LogP contribution in [0.3, 0.4) is 0 Å². The number of rotatable bonds is 8. The molecule has 4 aromatic rings. The number of nitro groups is 1. The van der Waals surface area contributed by atoms with E-state index < -0.39 is 4.92 Å². The molecule has 0 fully saturated rings. The first-order chi connectivity index (χ1) is 16.1. The lowest BCUT2D eigenvalue weighted by atomic mass is 10.2. The van der Waals surface area contributed by atoms with Crippen LogP contribution in [-0.2, 0) is 0 Å². The second kappa shape index (κ2) is 10.1. The average Bonchev–Trinajstić information content (AvgIpc) is 2.84. The van der Waals surface area contributed by atoms with Gasteiger partial charge in [-0.1, -0.05) is 54.6 Å². The Morgan fingerprint density at radius 1 is 0.818 bits per heavy atom. The molecular formula is C25H21N5O3. The molecular weight excluding hydrogens is 418 g/mol. The normalized spacial score (nSPS) is 10.7. The van der Waals surface area contributed by atoms with Gasteiger partial charge in [0.25, 0.3) is 0 Å². The zero-order valence-electron chi connectivity index (χ0n) is 17.8. The van der Waals surface area contributed by atoms with Crippen molar-refractivity contribution in [2.45, 2.75) is 0 Å². The Hall–Kier alpha value is -4.72. The summed E-state index contributed by atoms with van der Waals surface area (Å²) in [6, 6.07) is 25.9. The van der Waals surface area contributed by atoms with Gasteiger partial charge in [0.1, 0.15) is 11.4 Å². The molecule has 164 valence electrons. The molecule has 8 nitrogen and oxygen atoms in total. The van der Waals surface area contributed by atoms with Gasteiger partial charge in [0, 0.05) is 11.4 Å². The van der Waals surface area contributed by atoms with Crippen LogP contribution in [0.4, 0.5) is 28.8 Å². The summed E-state index contributed by atoms with van der Waals surface area (Å²) in [6.45, 7) is 0. The fraction of sp³-hybridized carbons (Fsp3) is 0.0400. The number of nitrogens with zero attached hydrogens (tertiary/aromatic N) is 3. The minimum atomic E-state index is -0.481. The highest BCUT2D eigenvalue weighted by Gasteiger charge is 2.24. The molecule has 0 bridgehead atoms. The van der Waals surface area contributed by atoms with Gasteiger partial charge in [-0.15, -0.1) is 0 Å². The zero-order chi connectivity index (χ0) is 23.0. The first kappa shape index (κ1) is 21.5. The van der Waals surface area contributed by atoms with Crippen molar-refractivity contribution in [2.24, 2.45) is 0 Å². The van der Waals surface area contributed by atoms with E-state index in [1.54, 1.807) is 19.3 Å². The predicted molar refractivity (Wildman–Crippen MR) is 130 cm³/mol. The van der Waals surface area contributed by atoms with Crippen molar-refractivity contribution in [3.8, 4) is 5.75 Å². The van der Waals surface area contributed by atoms with E-state index in [1.807, 2.05) is 84.9 Å². The van der Waals surface area contributed by atoms with Crippen molar-refractivity contribution < 1.29 is 9.66 Å². The van der Waals surface area contributed by atoms with Crippen LogP contribution in [0.15, 0.2) is 84.9 Å². The zero-order valence-corrected chi connectivity index (χ0v) is 17.8. The third kappa shape index (κ3) is 5.50. The van der Waals surface area contributed by atoms with Gasteiger partial charge in [0.05, 0.1) is 12.0 Å². The van der Waals surface area contributed by atoms with Crippen LogP contribution in [-0.4, -0.2) is 22.0 Å². The molecule has 1 heterocycles. The highest BCUT2D eigenvalue weighted by molar-refractivity contribution is 5.79. The maximum atomic E-state index is 12.0. The predicted octanol–water partition coefficient (Wildman–Crippen LogP) is 6.05. The van der Waals surface area contributed by atoms with Crippen LogP contribution in [0.1, 0.15) is 11.3 Å². The van der Waals surface area contributed by atoms with E-state index in [-0.39, 0.29) is 23.1 Å². The third-order valence-electron chi connectivity index (χ3n) is 4.71. The van der Waals surface area contributed by atoms with Crippen LogP contribution in [0.5, 0.6) is 5.75 Å². The van der Waals surface area contributed by atoms with Crippen molar-refractivity contribution >= 4 is 41.0 Å². The minimum absolute atomic E-state index is 0.0917. The quantitative estimate of drug-likeness (QED) is 0.254. The monoisotopic (exact) mass is 439 g/mol. The molecule has 0 saturated heterocycles. The van der Waals surface area contributed by atoms with Crippen molar-refractivity contribution in [3.05, 3.63) is 106 Å². The number of methoxy groups -OCH3 is 1. The van der Waals surface area contributed by atoms with Crippen LogP contribution < -0.4 is 15.4 Å². The summed E-state index contributed by atoms with van der Waals surface area (Å²) in [5.41, 5.74) is 2.24. The fourth-order valence-electron chi connectivity index (χ4n) is 3.11. The second-order valence-electron chi connectivity index (χ2n) is 6.98. The molecule has 2 N–H and O–H groups in total. The van der Waals surface area contributed by atoms with Crippen LogP contribution in [0.2, 0.25) is 0 Å². The second-order valence-corrected chi connectivity index (χ2v) is 6.98. The van der Waals surface area contributed by atoms with E-state index in [1.165, 1.54) is 0 Å². The smallest absolute Gasteiger partial charge is 0.337 e. The molecule has 0 aliphatic carbocycles. The molecule has 0 unspecified atom stereocenters. The number of anilines is 4.